The Morgan fingerprint density at radius 1 is 1.00 bits per heavy atom. The molecule has 0 saturated carbocycles. The predicted molar refractivity (Wildman–Crippen MR) is 153 cm³/mol. The maximum absolute atomic E-state index is 13.1. The lowest BCUT2D eigenvalue weighted by Crippen LogP contribution is -2.45. The van der Waals surface area contributed by atoms with E-state index in [2.05, 4.69) is 32.8 Å². The number of carbonyl (C=O) groups is 3. The number of aryl methyl sites for hydroxylation is 1. The number of carbonyl (C=O) groups excluding carboxylic acids is 3. The van der Waals surface area contributed by atoms with E-state index in [9.17, 15) is 22.8 Å². The van der Waals surface area contributed by atoms with E-state index in [0.29, 0.717) is 30.6 Å². The van der Waals surface area contributed by atoms with Crippen molar-refractivity contribution < 1.29 is 27.5 Å². The SMILES string of the molecule is Cc1ccc(S(=O)(=O)N[C@@H](Cc2ccc(NC(=O)C3CC4C=CC=CC4N3)cc2)C(=O)OC(=O)[C@@H]2CCCN2)cc1. The third kappa shape index (κ3) is 7.17. The zero-order valence-electron chi connectivity index (χ0n) is 22.7. The Kier molecular flexibility index (Phi) is 8.79. The molecule has 0 bridgehead atoms. The molecule has 5 rings (SSSR count). The van der Waals surface area contributed by atoms with Crippen molar-refractivity contribution in [2.24, 2.45) is 5.92 Å². The molecule has 10 nitrogen and oxygen atoms in total. The first-order chi connectivity index (χ1) is 19.7. The molecule has 2 saturated heterocycles. The molecule has 2 aromatic rings. The second kappa shape index (κ2) is 12.5. The van der Waals surface area contributed by atoms with Crippen molar-refractivity contribution in [1.29, 1.82) is 0 Å². The number of benzene rings is 2. The summed E-state index contributed by atoms with van der Waals surface area (Å²) in [5, 5.41) is 9.23. The maximum atomic E-state index is 13.1. The van der Waals surface area contributed by atoms with E-state index in [1.807, 2.05) is 19.1 Å². The highest BCUT2D eigenvalue weighted by molar-refractivity contribution is 7.89. The summed E-state index contributed by atoms with van der Waals surface area (Å²) in [6.07, 6.45) is 10.1. The Balaban J connectivity index is 1.26. The molecule has 41 heavy (non-hydrogen) atoms. The van der Waals surface area contributed by atoms with Gasteiger partial charge in [-0.05, 0) is 74.9 Å². The normalized spacial score (nSPS) is 24.0. The first-order valence-corrected chi connectivity index (χ1v) is 15.2. The number of anilines is 1. The minimum Gasteiger partial charge on any atom is -0.391 e. The van der Waals surface area contributed by atoms with Gasteiger partial charge in [-0.1, -0.05) is 54.1 Å². The van der Waals surface area contributed by atoms with E-state index in [1.165, 1.54) is 12.1 Å². The number of fused-ring (bicyclic) bond motifs is 1. The van der Waals surface area contributed by atoms with Crippen LogP contribution < -0.4 is 20.7 Å². The summed E-state index contributed by atoms with van der Waals surface area (Å²) in [5.74, 6) is -1.56. The summed E-state index contributed by atoms with van der Waals surface area (Å²) in [4.78, 5) is 38.4. The molecule has 11 heteroatoms. The predicted octanol–water partition coefficient (Wildman–Crippen LogP) is 2.12. The number of rotatable bonds is 9. The molecule has 0 spiro atoms. The molecule has 5 atom stereocenters. The van der Waals surface area contributed by atoms with Gasteiger partial charge in [0, 0.05) is 11.7 Å². The number of amides is 1. The van der Waals surface area contributed by atoms with Gasteiger partial charge in [-0.15, -0.1) is 0 Å². The van der Waals surface area contributed by atoms with Crippen molar-refractivity contribution in [3.63, 3.8) is 0 Å². The van der Waals surface area contributed by atoms with Crippen LogP contribution in [0.15, 0.2) is 77.7 Å². The van der Waals surface area contributed by atoms with E-state index in [-0.39, 0.29) is 35.2 Å². The number of hydrogen-bond acceptors (Lipinski definition) is 8. The summed E-state index contributed by atoms with van der Waals surface area (Å²) in [6, 6.07) is 10.9. The Morgan fingerprint density at radius 3 is 2.41 bits per heavy atom. The second-order valence-corrected chi connectivity index (χ2v) is 12.4. The molecule has 2 aromatic carbocycles. The summed E-state index contributed by atoms with van der Waals surface area (Å²) < 4.78 is 33.7. The Labute approximate surface area is 239 Å². The van der Waals surface area contributed by atoms with E-state index in [0.717, 1.165) is 12.0 Å². The van der Waals surface area contributed by atoms with E-state index >= 15 is 0 Å². The van der Waals surface area contributed by atoms with Crippen LogP contribution in [0.2, 0.25) is 0 Å². The van der Waals surface area contributed by atoms with Gasteiger partial charge in [0.05, 0.1) is 10.9 Å². The van der Waals surface area contributed by atoms with Gasteiger partial charge in [0.25, 0.3) is 0 Å². The van der Waals surface area contributed by atoms with Crippen LogP contribution in [0.1, 0.15) is 30.4 Å². The van der Waals surface area contributed by atoms with Crippen molar-refractivity contribution in [1.82, 2.24) is 15.4 Å². The molecule has 1 aliphatic carbocycles. The minimum absolute atomic E-state index is 0.00547. The van der Waals surface area contributed by atoms with Crippen molar-refractivity contribution in [3.05, 3.63) is 84.0 Å². The zero-order valence-corrected chi connectivity index (χ0v) is 23.5. The average molecular weight is 579 g/mol. The summed E-state index contributed by atoms with van der Waals surface area (Å²) in [5.41, 5.74) is 2.07. The van der Waals surface area contributed by atoms with Crippen LogP contribution in [0, 0.1) is 12.8 Å². The lowest BCUT2D eigenvalue weighted by atomic mass is 9.95. The lowest BCUT2D eigenvalue weighted by Gasteiger charge is -2.19. The van der Waals surface area contributed by atoms with Gasteiger partial charge in [0.15, 0.2) is 0 Å². The van der Waals surface area contributed by atoms with E-state index < -0.39 is 34.0 Å². The Bertz CT molecular complexity index is 1430. The molecule has 216 valence electrons. The zero-order chi connectivity index (χ0) is 29.0. The highest BCUT2D eigenvalue weighted by atomic mass is 32.2. The number of sulfonamides is 1. The molecular weight excluding hydrogens is 544 g/mol. The van der Waals surface area contributed by atoms with Gasteiger partial charge in [-0.2, -0.15) is 4.72 Å². The highest BCUT2D eigenvalue weighted by Crippen LogP contribution is 2.26. The van der Waals surface area contributed by atoms with E-state index in [1.54, 1.807) is 36.4 Å². The van der Waals surface area contributed by atoms with Crippen molar-refractivity contribution in [2.45, 2.75) is 61.7 Å². The Morgan fingerprint density at radius 2 is 1.73 bits per heavy atom. The molecular formula is C30H34N4O6S. The van der Waals surface area contributed by atoms with Gasteiger partial charge in [-0.25, -0.2) is 18.0 Å². The van der Waals surface area contributed by atoms with Gasteiger partial charge in [0.2, 0.25) is 15.9 Å². The van der Waals surface area contributed by atoms with Crippen molar-refractivity contribution >= 4 is 33.6 Å². The highest BCUT2D eigenvalue weighted by Gasteiger charge is 2.35. The van der Waals surface area contributed by atoms with Crippen molar-refractivity contribution in [3.8, 4) is 0 Å². The van der Waals surface area contributed by atoms with E-state index in [4.69, 9.17) is 4.74 Å². The molecule has 3 unspecified atom stereocenters. The van der Waals surface area contributed by atoms with Crippen LogP contribution in [0.5, 0.6) is 0 Å². The van der Waals surface area contributed by atoms with Crippen molar-refractivity contribution in [2.75, 3.05) is 11.9 Å². The number of esters is 2. The molecule has 3 aliphatic rings. The first-order valence-electron chi connectivity index (χ1n) is 13.8. The van der Waals surface area contributed by atoms with Gasteiger partial charge in [0.1, 0.15) is 12.1 Å². The smallest absolute Gasteiger partial charge is 0.332 e. The quantitative estimate of drug-likeness (QED) is 0.262. The van der Waals surface area contributed by atoms with Crippen LogP contribution in [-0.4, -0.2) is 57.0 Å². The van der Waals surface area contributed by atoms with Crippen LogP contribution in [0.4, 0.5) is 5.69 Å². The fraction of sp³-hybridized carbons (Fsp3) is 0.367. The average Bonchev–Trinajstić information content (AvgIpc) is 3.65. The maximum Gasteiger partial charge on any atom is 0.332 e. The van der Waals surface area contributed by atoms with Crippen LogP contribution >= 0.6 is 0 Å². The van der Waals surface area contributed by atoms with Crippen LogP contribution in [0.3, 0.4) is 0 Å². The Hall–Kier alpha value is -3.64. The van der Waals surface area contributed by atoms with Gasteiger partial charge in [-0.3, -0.25) is 10.1 Å². The molecule has 2 heterocycles. The van der Waals surface area contributed by atoms with Gasteiger partial charge >= 0.3 is 11.9 Å². The molecule has 1 amide bonds. The monoisotopic (exact) mass is 578 g/mol. The second-order valence-electron chi connectivity index (χ2n) is 10.7. The molecule has 0 radical (unpaired) electrons. The van der Waals surface area contributed by atoms with Crippen LogP contribution in [-0.2, 0) is 35.6 Å². The number of ether oxygens (including phenoxy) is 1. The standard InChI is InChI=1S/C30H34N4O6S/c1-19-8-14-23(15-9-19)41(38,39)34-27(30(37)40-29(36)25-7-4-16-31-25)17-20-10-12-22(13-11-20)32-28(35)26-18-21-5-2-3-6-24(21)33-26/h2-3,5-6,8-15,21,24-27,31,33-34H,4,7,16-18H2,1H3,(H,32,35)/t21?,24?,25-,26?,27-/m0/s1. The topological polar surface area (TPSA) is 143 Å². The van der Waals surface area contributed by atoms with Crippen LogP contribution in [0.25, 0.3) is 0 Å². The summed E-state index contributed by atoms with van der Waals surface area (Å²) >= 11 is 0. The third-order valence-electron chi connectivity index (χ3n) is 7.59. The molecule has 2 aliphatic heterocycles. The first kappa shape index (κ1) is 28.9. The van der Waals surface area contributed by atoms with Gasteiger partial charge < -0.3 is 15.4 Å². The lowest BCUT2D eigenvalue weighted by molar-refractivity contribution is -0.162. The molecule has 2 fully saturated rings. The fourth-order valence-corrected chi connectivity index (χ4v) is 6.46. The fourth-order valence-electron chi connectivity index (χ4n) is 5.27. The molecule has 0 aromatic heterocycles. The number of nitrogens with one attached hydrogen (secondary N) is 4. The minimum atomic E-state index is -4.09. The number of allylic oxidation sites excluding steroid dienone is 2. The number of hydrogen-bond donors (Lipinski definition) is 4. The largest absolute Gasteiger partial charge is 0.391 e. The summed E-state index contributed by atoms with van der Waals surface area (Å²) in [6.45, 7) is 2.48. The summed E-state index contributed by atoms with van der Waals surface area (Å²) in [7, 11) is -4.09. The molecule has 4 N–H and O–H groups in total. The third-order valence-corrected chi connectivity index (χ3v) is 9.08.